The molecule has 0 saturated carbocycles. The molecule has 0 aromatic heterocycles. The third-order valence-corrected chi connectivity index (χ3v) is 7.63. The molecule has 0 radical (unpaired) electrons. The number of carboxylic acid groups (broad SMARTS) is 1. The molecule has 206 valence electrons. The molecule has 4 rings (SSSR count). The Morgan fingerprint density at radius 2 is 1.44 bits per heavy atom. The monoisotopic (exact) mass is 611 g/mol. The first kappa shape index (κ1) is 29.2. The van der Waals surface area contributed by atoms with Crippen LogP contribution in [0.15, 0.2) is 72.8 Å². The second kappa shape index (κ2) is 12.1. The van der Waals surface area contributed by atoms with Crippen molar-refractivity contribution in [3.8, 4) is 11.1 Å². The number of carbonyl (C=O) groups is 2. The van der Waals surface area contributed by atoms with Gasteiger partial charge < -0.3 is 15.2 Å². The third kappa shape index (κ3) is 7.86. The topological polar surface area (TPSA) is 119 Å². The van der Waals surface area contributed by atoms with Crippen molar-refractivity contribution < 1.29 is 32.0 Å². The van der Waals surface area contributed by atoms with Crippen LogP contribution in [0.2, 0.25) is 0 Å². The fourth-order valence-electron chi connectivity index (χ4n) is 4.39. The molecule has 0 spiro atoms. The summed E-state index contributed by atoms with van der Waals surface area (Å²) >= 11 is 16.6. The van der Waals surface area contributed by atoms with Gasteiger partial charge >= 0.3 is 12.1 Å². The van der Waals surface area contributed by atoms with E-state index in [1.807, 2.05) is 48.5 Å². The van der Waals surface area contributed by atoms with Crippen LogP contribution < -0.4 is 5.32 Å². The number of amides is 1. The molecule has 8 nitrogen and oxygen atoms in total. The van der Waals surface area contributed by atoms with Gasteiger partial charge in [0.15, 0.2) is 0 Å². The van der Waals surface area contributed by atoms with Gasteiger partial charge in [-0.2, -0.15) is 8.42 Å². The van der Waals surface area contributed by atoms with Crippen LogP contribution in [-0.2, 0) is 36.0 Å². The molecule has 1 amide bonds. The Morgan fingerprint density at radius 1 is 0.897 bits per heavy atom. The highest BCUT2D eigenvalue weighted by atomic mass is 35.6. The zero-order valence-electron chi connectivity index (χ0n) is 20.4. The number of carboxylic acids is 1. The molecule has 0 heterocycles. The first-order valence-corrected chi connectivity index (χ1v) is 14.5. The molecule has 0 bridgehead atoms. The van der Waals surface area contributed by atoms with Gasteiger partial charge in [-0.05, 0) is 33.4 Å². The number of rotatable bonds is 10. The van der Waals surface area contributed by atoms with Crippen LogP contribution in [0.25, 0.3) is 11.1 Å². The lowest BCUT2D eigenvalue weighted by Crippen LogP contribution is -2.42. The molecule has 12 heteroatoms. The summed E-state index contributed by atoms with van der Waals surface area (Å²) in [5, 5.41) is 12.1. The van der Waals surface area contributed by atoms with Crippen molar-refractivity contribution in [2.45, 2.75) is 27.9 Å². The number of alkyl carbamates (subject to hydrolysis) is 1. The molecule has 3 aromatic carbocycles. The number of hydrogen-bond acceptors (Lipinski definition) is 6. The van der Waals surface area contributed by atoms with Crippen LogP contribution in [0, 0.1) is 0 Å². The van der Waals surface area contributed by atoms with Crippen molar-refractivity contribution in [1.29, 1.82) is 0 Å². The third-order valence-electron chi connectivity index (χ3n) is 6.14. The van der Waals surface area contributed by atoms with Crippen LogP contribution in [-0.4, -0.2) is 48.6 Å². The van der Waals surface area contributed by atoms with E-state index in [1.165, 1.54) is 12.1 Å². The van der Waals surface area contributed by atoms with Gasteiger partial charge in [-0.25, -0.2) is 9.59 Å². The average Bonchev–Trinajstić information content (AvgIpc) is 3.20. The number of nitrogens with one attached hydrogen (secondary N) is 1. The molecule has 1 aliphatic rings. The summed E-state index contributed by atoms with van der Waals surface area (Å²) in [6.45, 7) is -0.574. The van der Waals surface area contributed by atoms with Crippen LogP contribution >= 0.6 is 34.8 Å². The molecule has 0 fully saturated rings. The van der Waals surface area contributed by atoms with E-state index in [4.69, 9.17) is 43.7 Å². The Hall–Kier alpha value is -2.82. The first-order chi connectivity index (χ1) is 18.4. The highest BCUT2D eigenvalue weighted by Crippen LogP contribution is 2.44. The normalized spacial score (nSPS) is 13.8. The van der Waals surface area contributed by atoms with E-state index in [9.17, 15) is 23.1 Å². The lowest BCUT2D eigenvalue weighted by atomic mass is 9.98. The van der Waals surface area contributed by atoms with Crippen molar-refractivity contribution in [2.75, 3.05) is 13.2 Å². The van der Waals surface area contributed by atoms with Gasteiger partial charge in [0.25, 0.3) is 10.1 Å². The van der Waals surface area contributed by atoms with Gasteiger partial charge in [0.2, 0.25) is 3.79 Å². The molecule has 0 saturated heterocycles. The van der Waals surface area contributed by atoms with Gasteiger partial charge in [-0.1, -0.05) is 108 Å². The van der Waals surface area contributed by atoms with Crippen LogP contribution in [0.4, 0.5) is 4.79 Å². The van der Waals surface area contributed by atoms with Gasteiger partial charge in [0.05, 0.1) is 0 Å². The Labute approximate surface area is 240 Å². The summed E-state index contributed by atoms with van der Waals surface area (Å²) in [4.78, 5) is 24.4. The summed E-state index contributed by atoms with van der Waals surface area (Å²) < 4.78 is 32.4. The second-order valence-electron chi connectivity index (χ2n) is 8.96. The Morgan fingerprint density at radius 3 is 1.97 bits per heavy atom. The standard InChI is InChI=1S/C27H24Cl3NO7S/c28-27(29,30)16-38-39(35,36)15-18-11-9-17(10-12-18)13-24(25(32)33)31-26(34)37-14-23-21-7-3-1-5-19(21)20-6-2-4-8-22(20)23/h1-12,23-24H,13-16H2,(H,31,34)(H,32,33)/t24-/m0/s1. The molecule has 0 aliphatic heterocycles. The second-order valence-corrected chi connectivity index (χ2v) is 13.1. The van der Waals surface area contributed by atoms with Crippen molar-refractivity contribution in [3.63, 3.8) is 0 Å². The van der Waals surface area contributed by atoms with E-state index in [2.05, 4.69) is 5.32 Å². The van der Waals surface area contributed by atoms with Gasteiger partial charge in [-0.15, -0.1) is 0 Å². The molecule has 1 aliphatic carbocycles. The number of aliphatic carboxylic acids is 1. The number of benzene rings is 3. The Bertz CT molecular complexity index is 1410. The summed E-state index contributed by atoms with van der Waals surface area (Å²) in [6.07, 6.45) is -0.894. The highest BCUT2D eigenvalue weighted by molar-refractivity contribution is 7.85. The molecule has 0 unspecified atom stereocenters. The Kier molecular flexibility index (Phi) is 9.08. The maximum Gasteiger partial charge on any atom is 0.407 e. The predicted octanol–water partition coefficient (Wildman–Crippen LogP) is 5.44. The maximum absolute atomic E-state index is 12.6. The maximum atomic E-state index is 12.6. The fourth-order valence-corrected chi connectivity index (χ4v) is 5.79. The lowest BCUT2D eigenvalue weighted by molar-refractivity contribution is -0.139. The van der Waals surface area contributed by atoms with Crippen LogP contribution in [0.5, 0.6) is 0 Å². The van der Waals surface area contributed by atoms with Gasteiger partial charge in [-0.3, -0.25) is 4.18 Å². The number of alkyl halides is 3. The number of fused-ring (bicyclic) bond motifs is 3. The van der Waals surface area contributed by atoms with Gasteiger partial charge in [0.1, 0.15) is 25.0 Å². The average molecular weight is 613 g/mol. The first-order valence-electron chi connectivity index (χ1n) is 11.8. The molecule has 3 aromatic rings. The highest BCUT2D eigenvalue weighted by Gasteiger charge is 2.30. The number of halogens is 3. The minimum absolute atomic E-state index is 0.0453. The van der Waals surface area contributed by atoms with Crippen molar-refractivity contribution in [3.05, 3.63) is 95.1 Å². The predicted molar refractivity (Wildman–Crippen MR) is 149 cm³/mol. The molecular formula is C27H24Cl3NO7S. The largest absolute Gasteiger partial charge is 0.480 e. The van der Waals surface area contributed by atoms with E-state index in [0.29, 0.717) is 11.1 Å². The van der Waals surface area contributed by atoms with E-state index in [1.54, 1.807) is 12.1 Å². The number of hydrogen-bond donors (Lipinski definition) is 2. The van der Waals surface area contributed by atoms with E-state index >= 15 is 0 Å². The summed E-state index contributed by atoms with van der Waals surface area (Å²) in [6, 6.07) is 20.7. The SMILES string of the molecule is O=C(N[C@@H](Cc1ccc(CS(=O)(=O)OCC(Cl)(Cl)Cl)cc1)C(=O)O)OCC1c2ccccc2-c2ccccc21. The zero-order valence-corrected chi connectivity index (χ0v) is 23.4. The zero-order chi connectivity index (χ0) is 28.2. The molecule has 39 heavy (non-hydrogen) atoms. The molecular weight excluding hydrogens is 589 g/mol. The minimum atomic E-state index is -4.00. The summed E-state index contributed by atoms with van der Waals surface area (Å²) in [5.41, 5.74) is 5.20. The van der Waals surface area contributed by atoms with E-state index in [-0.39, 0.29) is 18.9 Å². The molecule has 2 N–H and O–H groups in total. The summed E-state index contributed by atoms with van der Waals surface area (Å²) in [7, 11) is -4.00. The lowest BCUT2D eigenvalue weighted by Gasteiger charge is -2.18. The molecule has 1 atom stereocenters. The van der Waals surface area contributed by atoms with E-state index in [0.717, 1.165) is 22.3 Å². The summed E-state index contributed by atoms with van der Waals surface area (Å²) in [5.74, 6) is -1.86. The van der Waals surface area contributed by atoms with Crippen LogP contribution in [0.1, 0.15) is 28.2 Å². The fraction of sp³-hybridized carbons (Fsp3) is 0.259. The van der Waals surface area contributed by atoms with E-state index < -0.39 is 44.4 Å². The van der Waals surface area contributed by atoms with Gasteiger partial charge in [0, 0.05) is 12.3 Å². The number of ether oxygens (including phenoxy) is 1. The minimum Gasteiger partial charge on any atom is -0.480 e. The van der Waals surface area contributed by atoms with Crippen molar-refractivity contribution in [2.24, 2.45) is 0 Å². The van der Waals surface area contributed by atoms with Crippen molar-refractivity contribution >= 4 is 57.0 Å². The van der Waals surface area contributed by atoms with Crippen molar-refractivity contribution in [1.82, 2.24) is 5.32 Å². The Balaban J connectivity index is 1.34. The smallest absolute Gasteiger partial charge is 0.407 e. The number of carbonyl (C=O) groups excluding carboxylic acids is 1. The van der Waals surface area contributed by atoms with Crippen LogP contribution in [0.3, 0.4) is 0 Å². The quantitative estimate of drug-likeness (QED) is 0.231.